The molecule has 6 nitrogen and oxygen atoms in total. The fourth-order valence-electron chi connectivity index (χ4n) is 2.82. The predicted molar refractivity (Wildman–Crippen MR) is 118 cm³/mol. The van der Waals surface area contributed by atoms with E-state index in [1.54, 1.807) is 36.4 Å². The maximum Gasteiger partial charge on any atom is 0.265 e. The van der Waals surface area contributed by atoms with Crippen molar-refractivity contribution in [1.82, 2.24) is 0 Å². The number of nitrogens with one attached hydrogen (secondary N) is 1. The first-order valence-corrected chi connectivity index (χ1v) is 11.1. The van der Waals surface area contributed by atoms with Crippen molar-refractivity contribution in [1.29, 1.82) is 0 Å². The Morgan fingerprint density at radius 2 is 1.62 bits per heavy atom. The van der Waals surface area contributed by atoms with Crippen molar-refractivity contribution in [3.05, 3.63) is 83.9 Å². The first-order valence-electron chi connectivity index (χ1n) is 9.66. The zero-order chi connectivity index (χ0) is 23.5. The van der Waals surface area contributed by atoms with Gasteiger partial charge in [-0.25, -0.2) is 17.2 Å². The predicted octanol–water partition coefficient (Wildman–Crippen LogP) is 4.50. The highest BCUT2D eigenvalue weighted by Crippen LogP contribution is 2.25. The zero-order valence-corrected chi connectivity index (χ0v) is 18.5. The summed E-state index contributed by atoms with van der Waals surface area (Å²) in [5, 5.41) is 2.34. The van der Waals surface area contributed by atoms with Gasteiger partial charge in [0.25, 0.3) is 15.9 Å². The molecule has 0 spiro atoms. The summed E-state index contributed by atoms with van der Waals surface area (Å²) in [6.07, 6.45) is -0.987. The van der Waals surface area contributed by atoms with Crippen molar-refractivity contribution in [3.8, 4) is 5.75 Å². The van der Waals surface area contributed by atoms with E-state index in [0.29, 0.717) is 17.5 Å². The van der Waals surface area contributed by atoms with Gasteiger partial charge in [0.15, 0.2) is 6.10 Å². The molecule has 0 aliphatic carbocycles. The molecule has 0 saturated heterocycles. The van der Waals surface area contributed by atoms with Crippen molar-refractivity contribution in [3.63, 3.8) is 0 Å². The lowest BCUT2D eigenvalue weighted by Crippen LogP contribution is -2.30. The van der Waals surface area contributed by atoms with Gasteiger partial charge in [0.05, 0.1) is 16.3 Å². The number of anilines is 2. The van der Waals surface area contributed by atoms with E-state index in [-0.39, 0.29) is 10.6 Å². The largest absolute Gasteiger partial charge is 0.481 e. The molecule has 1 N–H and O–H groups in total. The van der Waals surface area contributed by atoms with Crippen LogP contribution < -0.4 is 14.4 Å². The number of hydrogen-bond donors (Lipinski definition) is 1. The number of sulfonamides is 1. The third-order valence-electron chi connectivity index (χ3n) is 4.75. The fraction of sp³-hybridized carbons (Fsp3) is 0.174. The Morgan fingerprint density at radius 1 is 1.00 bits per heavy atom. The van der Waals surface area contributed by atoms with Crippen LogP contribution in [-0.2, 0) is 14.8 Å². The van der Waals surface area contributed by atoms with Gasteiger partial charge in [0.1, 0.15) is 17.4 Å². The zero-order valence-electron chi connectivity index (χ0n) is 17.7. The Hall–Kier alpha value is -3.46. The summed E-state index contributed by atoms with van der Waals surface area (Å²) in [6.45, 7) is 3.34. The minimum absolute atomic E-state index is 0.162. The molecular weight excluding hydrogens is 438 g/mol. The summed E-state index contributed by atoms with van der Waals surface area (Å²) < 4.78 is 59.0. The number of ether oxygens (including phenoxy) is 1. The average Bonchev–Trinajstić information content (AvgIpc) is 2.76. The Morgan fingerprint density at radius 3 is 2.22 bits per heavy atom. The maximum atomic E-state index is 13.7. The molecule has 0 aliphatic heterocycles. The summed E-state index contributed by atoms with van der Waals surface area (Å²) >= 11 is 0. The summed E-state index contributed by atoms with van der Waals surface area (Å²) in [6, 6.07) is 15.5. The van der Waals surface area contributed by atoms with Crippen LogP contribution >= 0.6 is 0 Å². The van der Waals surface area contributed by atoms with Crippen LogP contribution in [0.25, 0.3) is 0 Å². The molecule has 1 amide bonds. The Labute approximate surface area is 185 Å². The minimum atomic E-state index is -3.73. The third kappa shape index (κ3) is 5.23. The van der Waals surface area contributed by atoms with Gasteiger partial charge in [0, 0.05) is 13.1 Å². The first kappa shape index (κ1) is 23.2. The van der Waals surface area contributed by atoms with Gasteiger partial charge in [-0.1, -0.05) is 17.7 Å². The SMILES string of the molecule is Cc1ccc(S(=O)(=O)N(C)c2ccc(OC(C)C(=O)Nc3ccc(F)cc3F)cc2)cc1. The van der Waals surface area contributed by atoms with Gasteiger partial charge in [-0.05, 0) is 62.4 Å². The molecule has 168 valence electrons. The molecule has 0 aromatic heterocycles. The number of hydrogen-bond acceptors (Lipinski definition) is 4. The number of benzene rings is 3. The summed E-state index contributed by atoms with van der Waals surface area (Å²) in [4.78, 5) is 12.4. The normalized spacial score (nSPS) is 12.2. The number of amides is 1. The average molecular weight is 461 g/mol. The first-order chi connectivity index (χ1) is 15.1. The lowest BCUT2D eigenvalue weighted by molar-refractivity contribution is -0.122. The number of carbonyl (C=O) groups excluding carboxylic acids is 1. The molecule has 0 radical (unpaired) electrons. The van der Waals surface area contributed by atoms with Crippen LogP contribution in [0.3, 0.4) is 0 Å². The van der Waals surface area contributed by atoms with Gasteiger partial charge in [-0.3, -0.25) is 9.10 Å². The molecule has 3 rings (SSSR count). The number of carbonyl (C=O) groups is 1. The van der Waals surface area contributed by atoms with Gasteiger partial charge in [-0.2, -0.15) is 0 Å². The standard InChI is InChI=1S/C23H22F2N2O4S/c1-15-4-11-20(12-5-15)32(29,30)27(3)18-7-9-19(10-8-18)31-16(2)23(28)26-22-13-6-17(24)14-21(22)25/h4-14,16H,1-3H3,(H,26,28). The highest BCUT2D eigenvalue weighted by atomic mass is 32.2. The van der Waals surface area contributed by atoms with Gasteiger partial charge in [-0.15, -0.1) is 0 Å². The molecule has 9 heteroatoms. The van der Waals surface area contributed by atoms with Crippen LogP contribution in [-0.4, -0.2) is 27.5 Å². The van der Waals surface area contributed by atoms with Crippen molar-refractivity contribution < 1.29 is 26.7 Å². The number of halogens is 2. The Bertz CT molecular complexity index is 1210. The van der Waals surface area contributed by atoms with E-state index in [2.05, 4.69) is 5.32 Å². The highest BCUT2D eigenvalue weighted by molar-refractivity contribution is 7.92. The fourth-order valence-corrected chi connectivity index (χ4v) is 4.02. The van der Waals surface area contributed by atoms with E-state index in [0.717, 1.165) is 22.0 Å². The van der Waals surface area contributed by atoms with E-state index in [1.165, 1.54) is 26.1 Å². The lowest BCUT2D eigenvalue weighted by atomic mass is 10.2. The van der Waals surface area contributed by atoms with E-state index >= 15 is 0 Å². The van der Waals surface area contributed by atoms with E-state index in [1.807, 2.05) is 6.92 Å². The number of rotatable bonds is 7. The molecule has 0 saturated carbocycles. The minimum Gasteiger partial charge on any atom is -0.481 e. The summed E-state index contributed by atoms with van der Waals surface area (Å²) in [7, 11) is -2.29. The van der Waals surface area contributed by atoms with Crippen LogP contribution in [0.2, 0.25) is 0 Å². The number of aryl methyl sites for hydroxylation is 1. The highest BCUT2D eigenvalue weighted by Gasteiger charge is 2.22. The molecule has 0 bridgehead atoms. The lowest BCUT2D eigenvalue weighted by Gasteiger charge is -2.20. The molecule has 3 aromatic carbocycles. The van der Waals surface area contributed by atoms with Gasteiger partial charge >= 0.3 is 0 Å². The quantitative estimate of drug-likeness (QED) is 0.563. The second-order valence-electron chi connectivity index (χ2n) is 7.15. The van der Waals surface area contributed by atoms with Crippen LogP contribution in [0, 0.1) is 18.6 Å². The van der Waals surface area contributed by atoms with Gasteiger partial charge in [0.2, 0.25) is 0 Å². The molecule has 3 aromatic rings. The van der Waals surface area contributed by atoms with Crippen molar-refractivity contribution in [2.75, 3.05) is 16.7 Å². The van der Waals surface area contributed by atoms with Crippen molar-refractivity contribution in [2.24, 2.45) is 0 Å². The Kier molecular flexibility index (Phi) is 6.78. The summed E-state index contributed by atoms with van der Waals surface area (Å²) in [5.41, 5.74) is 1.20. The topological polar surface area (TPSA) is 75.7 Å². The smallest absolute Gasteiger partial charge is 0.265 e. The second-order valence-corrected chi connectivity index (χ2v) is 9.12. The Balaban J connectivity index is 1.67. The van der Waals surface area contributed by atoms with Crippen molar-refractivity contribution >= 4 is 27.3 Å². The molecular formula is C23H22F2N2O4S. The second kappa shape index (κ2) is 9.35. The molecule has 0 fully saturated rings. The molecule has 0 aliphatic rings. The van der Waals surface area contributed by atoms with Crippen LogP contribution in [0.5, 0.6) is 5.75 Å². The monoisotopic (exact) mass is 460 g/mol. The maximum absolute atomic E-state index is 13.7. The summed E-state index contributed by atoms with van der Waals surface area (Å²) in [5.74, 6) is -1.96. The molecule has 1 unspecified atom stereocenters. The third-order valence-corrected chi connectivity index (χ3v) is 6.55. The molecule has 0 heterocycles. The van der Waals surface area contributed by atoms with Crippen LogP contribution in [0.1, 0.15) is 12.5 Å². The van der Waals surface area contributed by atoms with Crippen LogP contribution in [0.4, 0.5) is 20.2 Å². The molecule has 32 heavy (non-hydrogen) atoms. The van der Waals surface area contributed by atoms with Crippen molar-refractivity contribution in [2.45, 2.75) is 24.8 Å². The number of nitrogens with zero attached hydrogens (tertiary/aromatic N) is 1. The van der Waals surface area contributed by atoms with E-state index in [9.17, 15) is 22.0 Å². The van der Waals surface area contributed by atoms with Crippen LogP contribution in [0.15, 0.2) is 71.6 Å². The molecule has 1 atom stereocenters. The van der Waals surface area contributed by atoms with E-state index < -0.39 is 33.7 Å². The van der Waals surface area contributed by atoms with E-state index in [4.69, 9.17) is 4.74 Å². The van der Waals surface area contributed by atoms with Gasteiger partial charge < -0.3 is 10.1 Å².